The van der Waals surface area contributed by atoms with E-state index in [-0.39, 0.29) is 5.97 Å². The van der Waals surface area contributed by atoms with E-state index in [1.54, 1.807) is 0 Å². The average Bonchev–Trinajstić information content (AvgIpc) is 2.67. The van der Waals surface area contributed by atoms with Crippen LogP contribution in [-0.4, -0.2) is 50.7 Å². The number of likely N-dealkylation sites (tertiary alicyclic amines) is 1. The van der Waals surface area contributed by atoms with Crippen molar-refractivity contribution < 1.29 is 9.53 Å². The number of ether oxygens (including phenoxy) is 1. The minimum atomic E-state index is -0.112. The predicted octanol–water partition coefficient (Wildman–Crippen LogP) is 0.479. The molecule has 1 heterocycles. The van der Waals surface area contributed by atoms with Crippen LogP contribution in [0.3, 0.4) is 0 Å². The number of methoxy groups -OCH3 is 1. The van der Waals surface area contributed by atoms with Gasteiger partial charge < -0.3 is 10.1 Å². The summed E-state index contributed by atoms with van der Waals surface area (Å²) in [7, 11) is 3.43. The SMILES string of the molecule is CNCC1CCN(C(C)CC(=O)OC)C1. The summed E-state index contributed by atoms with van der Waals surface area (Å²) < 4.78 is 4.68. The van der Waals surface area contributed by atoms with Crippen molar-refractivity contribution in [2.75, 3.05) is 33.8 Å². The van der Waals surface area contributed by atoms with E-state index < -0.39 is 0 Å². The molecule has 0 saturated carbocycles. The van der Waals surface area contributed by atoms with Gasteiger partial charge in [0.25, 0.3) is 0 Å². The summed E-state index contributed by atoms with van der Waals surface area (Å²) in [5.41, 5.74) is 0. The lowest BCUT2D eigenvalue weighted by molar-refractivity contribution is -0.141. The molecule has 15 heavy (non-hydrogen) atoms. The molecule has 0 aromatic carbocycles. The van der Waals surface area contributed by atoms with Crippen LogP contribution in [0.4, 0.5) is 0 Å². The summed E-state index contributed by atoms with van der Waals surface area (Å²) in [5, 5.41) is 3.20. The first-order chi connectivity index (χ1) is 7.17. The van der Waals surface area contributed by atoms with Gasteiger partial charge in [0.1, 0.15) is 0 Å². The van der Waals surface area contributed by atoms with Crippen molar-refractivity contribution in [1.82, 2.24) is 10.2 Å². The third-order valence-electron chi connectivity index (χ3n) is 3.12. The maximum atomic E-state index is 11.1. The normalized spacial score (nSPS) is 24.1. The van der Waals surface area contributed by atoms with Gasteiger partial charge in [-0.3, -0.25) is 9.69 Å². The molecular formula is C11H22N2O2. The second-order valence-electron chi connectivity index (χ2n) is 4.34. The number of carbonyl (C=O) groups excluding carboxylic acids is 1. The Bertz CT molecular complexity index is 209. The van der Waals surface area contributed by atoms with E-state index in [0.717, 1.165) is 25.6 Å². The molecule has 0 bridgehead atoms. The molecule has 1 fully saturated rings. The molecule has 1 saturated heterocycles. The van der Waals surface area contributed by atoms with Crippen LogP contribution in [0.1, 0.15) is 19.8 Å². The lowest BCUT2D eigenvalue weighted by Crippen LogP contribution is -2.34. The Kier molecular flexibility index (Phi) is 5.05. The minimum absolute atomic E-state index is 0.112. The van der Waals surface area contributed by atoms with Gasteiger partial charge in [-0.2, -0.15) is 0 Å². The Hall–Kier alpha value is -0.610. The van der Waals surface area contributed by atoms with E-state index in [2.05, 4.69) is 21.9 Å². The van der Waals surface area contributed by atoms with Gasteiger partial charge in [0.2, 0.25) is 0 Å². The zero-order chi connectivity index (χ0) is 11.3. The fraction of sp³-hybridized carbons (Fsp3) is 0.909. The maximum Gasteiger partial charge on any atom is 0.307 e. The number of esters is 1. The molecule has 0 spiro atoms. The second kappa shape index (κ2) is 6.08. The third-order valence-corrected chi connectivity index (χ3v) is 3.12. The highest BCUT2D eigenvalue weighted by Crippen LogP contribution is 2.19. The standard InChI is InChI=1S/C11H22N2O2/c1-9(6-11(14)15-3)13-5-4-10(8-13)7-12-2/h9-10,12H,4-8H2,1-3H3. The fourth-order valence-electron chi connectivity index (χ4n) is 2.17. The van der Waals surface area contributed by atoms with E-state index >= 15 is 0 Å². The molecule has 4 heteroatoms. The average molecular weight is 214 g/mol. The van der Waals surface area contributed by atoms with E-state index in [9.17, 15) is 4.79 Å². The number of nitrogens with zero attached hydrogens (tertiary/aromatic N) is 1. The molecule has 0 aliphatic carbocycles. The summed E-state index contributed by atoms with van der Waals surface area (Å²) in [4.78, 5) is 13.5. The molecule has 0 amide bonds. The maximum absolute atomic E-state index is 11.1. The molecule has 0 aromatic rings. The van der Waals surface area contributed by atoms with Crippen molar-refractivity contribution in [3.8, 4) is 0 Å². The lowest BCUT2D eigenvalue weighted by Gasteiger charge is -2.23. The molecule has 88 valence electrons. The molecule has 4 nitrogen and oxygen atoms in total. The zero-order valence-corrected chi connectivity index (χ0v) is 9.95. The fourth-order valence-corrected chi connectivity index (χ4v) is 2.17. The van der Waals surface area contributed by atoms with Gasteiger partial charge in [-0.05, 0) is 39.4 Å². The van der Waals surface area contributed by atoms with Crippen LogP contribution in [0.25, 0.3) is 0 Å². The van der Waals surface area contributed by atoms with Gasteiger partial charge in [-0.1, -0.05) is 0 Å². The van der Waals surface area contributed by atoms with Crippen LogP contribution in [0.5, 0.6) is 0 Å². The Balaban J connectivity index is 2.29. The quantitative estimate of drug-likeness (QED) is 0.676. The molecule has 1 rings (SSSR count). The van der Waals surface area contributed by atoms with Crippen molar-refractivity contribution in [1.29, 1.82) is 0 Å². The van der Waals surface area contributed by atoms with E-state index in [4.69, 9.17) is 0 Å². The van der Waals surface area contributed by atoms with Crippen molar-refractivity contribution in [2.24, 2.45) is 5.92 Å². The van der Waals surface area contributed by atoms with Crippen molar-refractivity contribution in [3.05, 3.63) is 0 Å². The first-order valence-corrected chi connectivity index (χ1v) is 5.62. The van der Waals surface area contributed by atoms with Crippen LogP contribution in [-0.2, 0) is 9.53 Å². The van der Waals surface area contributed by atoms with Gasteiger partial charge in [-0.25, -0.2) is 0 Å². The van der Waals surface area contributed by atoms with E-state index in [1.807, 2.05) is 7.05 Å². The number of hydrogen-bond acceptors (Lipinski definition) is 4. The molecular weight excluding hydrogens is 192 g/mol. The van der Waals surface area contributed by atoms with Crippen LogP contribution < -0.4 is 5.32 Å². The highest BCUT2D eigenvalue weighted by atomic mass is 16.5. The first kappa shape index (κ1) is 12.5. The summed E-state index contributed by atoms with van der Waals surface area (Å²) >= 11 is 0. The van der Waals surface area contributed by atoms with E-state index in [0.29, 0.717) is 12.5 Å². The first-order valence-electron chi connectivity index (χ1n) is 5.62. The van der Waals surface area contributed by atoms with Crippen molar-refractivity contribution >= 4 is 5.97 Å². The van der Waals surface area contributed by atoms with Crippen LogP contribution in [0.2, 0.25) is 0 Å². The Morgan fingerprint density at radius 3 is 3.00 bits per heavy atom. The molecule has 0 aromatic heterocycles. The molecule has 1 N–H and O–H groups in total. The Morgan fingerprint density at radius 1 is 1.67 bits per heavy atom. The number of nitrogens with one attached hydrogen (secondary N) is 1. The van der Waals surface area contributed by atoms with Gasteiger partial charge in [0, 0.05) is 12.6 Å². The van der Waals surface area contributed by atoms with Crippen LogP contribution >= 0.6 is 0 Å². The highest BCUT2D eigenvalue weighted by molar-refractivity contribution is 5.69. The smallest absolute Gasteiger partial charge is 0.307 e. The molecule has 0 radical (unpaired) electrons. The monoisotopic (exact) mass is 214 g/mol. The molecule has 1 aliphatic heterocycles. The Labute approximate surface area is 92.0 Å². The highest BCUT2D eigenvalue weighted by Gasteiger charge is 2.26. The predicted molar refractivity (Wildman–Crippen MR) is 59.7 cm³/mol. The van der Waals surface area contributed by atoms with Gasteiger partial charge in [0.05, 0.1) is 13.5 Å². The molecule has 1 aliphatic rings. The summed E-state index contributed by atoms with van der Waals surface area (Å²) in [6.07, 6.45) is 1.73. The van der Waals surface area contributed by atoms with Gasteiger partial charge in [-0.15, -0.1) is 0 Å². The minimum Gasteiger partial charge on any atom is -0.469 e. The third kappa shape index (κ3) is 3.80. The summed E-state index contributed by atoms with van der Waals surface area (Å²) in [6, 6.07) is 0.305. The van der Waals surface area contributed by atoms with Gasteiger partial charge in [0.15, 0.2) is 0 Å². The van der Waals surface area contributed by atoms with E-state index in [1.165, 1.54) is 13.5 Å². The van der Waals surface area contributed by atoms with Crippen LogP contribution in [0, 0.1) is 5.92 Å². The topological polar surface area (TPSA) is 41.6 Å². The Morgan fingerprint density at radius 2 is 2.40 bits per heavy atom. The zero-order valence-electron chi connectivity index (χ0n) is 9.95. The molecule has 2 atom stereocenters. The van der Waals surface area contributed by atoms with Gasteiger partial charge >= 0.3 is 5.97 Å². The summed E-state index contributed by atoms with van der Waals surface area (Å²) in [6.45, 7) is 5.36. The molecule has 2 unspecified atom stereocenters. The van der Waals surface area contributed by atoms with Crippen LogP contribution in [0.15, 0.2) is 0 Å². The number of rotatable bonds is 5. The summed E-state index contributed by atoms with van der Waals surface area (Å²) in [5.74, 6) is 0.620. The number of carbonyl (C=O) groups is 1. The number of hydrogen-bond donors (Lipinski definition) is 1. The van der Waals surface area contributed by atoms with Crippen molar-refractivity contribution in [2.45, 2.75) is 25.8 Å². The largest absolute Gasteiger partial charge is 0.469 e. The van der Waals surface area contributed by atoms with Crippen molar-refractivity contribution in [3.63, 3.8) is 0 Å². The lowest BCUT2D eigenvalue weighted by atomic mass is 10.1. The second-order valence-corrected chi connectivity index (χ2v) is 4.34.